The number of phenols is 1. The molecule has 0 spiro atoms. The number of fused-ring (bicyclic) bond motifs is 1. The largest absolute Gasteiger partial charge is 0.507 e. The molecular weight excluding hydrogens is 950 g/mol. The first kappa shape index (κ1) is 41.2. The monoisotopic (exact) mass is 993 g/mol. The number of rotatable bonds is 10. The number of pyridine rings is 1. The molecule has 0 bridgehead atoms. The molecule has 10 aromatic rings. The summed E-state index contributed by atoms with van der Waals surface area (Å²) in [5, 5.41) is 11.4. The molecule has 1 N–H and O–H groups in total. The summed E-state index contributed by atoms with van der Waals surface area (Å²) in [7, 11) is 0. The summed E-state index contributed by atoms with van der Waals surface area (Å²) < 4.78 is 2.21. The van der Waals surface area contributed by atoms with Crippen LogP contribution in [-0.4, -0.2) is 19.6 Å². The zero-order chi connectivity index (χ0) is 42.0. The van der Waals surface area contributed by atoms with E-state index in [2.05, 4.69) is 188 Å². The second-order valence-corrected chi connectivity index (χ2v) is 16.2. The summed E-state index contributed by atoms with van der Waals surface area (Å²) in [4.78, 5) is 10.4. The van der Waals surface area contributed by atoms with E-state index in [0.29, 0.717) is 17.3 Å². The smallest absolute Gasteiger partial charge is 0.148 e. The number of para-hydroxylation sites is 2. The summed E-state index contributed by atoms with van der Waals surface area (Å²) in [6.07, 6.45) is 2.85. The van der Waals surface area contributed by atoms with Crippen molar-refractivity contribution in [1.82, 2.24) is 14.5 Å². The first-order valence-corrected chi connectivity index (χ1v) is 21.2. The van der Waals surface area contributed by atoms with Crippen LogP contribution in [0.5, 0.6) is 5.75 Å². The van der Waals surface area contributed by atoms with E-state index in [1.165, 1.54) is 16.7 Å². The van der Waals surface area contributed by atoms with Gasteiger partial charge in [0.05, 0.1) is 22.3 Å². The molecule has 63 heavy (non-hydrogen) atoms. The van der Waals surface area contributed by atoms with Crippen LogP contribution in [0.15, 0.2) is 206 Å². The van der Waals surface area contributed by atoms with Gasteiger partial charge in [0, 0.05) is 38.5 Å². The molecule has 0 unspecified atom stereocenters. The van der Waals surface area contributed by atoms with Gasteiger partial charge >= 0.3 is 0 Å². The Hall–Kier alpha value is -7.13. The number of hydrogen-bond acceptors (Lipinski definition) is 3. The van der Waals surface area contributed by atoms with Crippen LogP contribution >= 0.6 is 0 Å². The van der Waals surface area contributed by atoms with Crippen LogP contribution in [0.1, 0.15) is 19.4 Å². The molecule has 2 heterocycles. The predicted molar refractivity (Wildman–Crippen MR) is 256 cm³/mol. The Balaban J connectivity index is 0.00000504. The van der Waals surface area contributed by atoms with Crippen LogP contribution in [0.3, 0.4) is 0 Å². The zero-order valence-electron chi connectivity index (χ0n) is 35.0. The molecule has 0 aliphatic heterocycles. The standard InChI is InChI=1S/C58H44N3O.Pt/c1-39(2)33-40-25-30-54(52(34-40)45-19-10-5-11-20-45)61-55-23-14-22-50(57(55)60-58(61)51-21-12-13-24-56(51)62)48-35-47(42-17-8-4-9-18-42)36-49(37-48)53-38-46(31-32-59-53)44-28-26-43(27-29-44)41-15-6-3-7-16-41;/h3-32,34-36,38-39,62H,33H2,1-2H3;/q-1;. The van der Waals surface area contributed by atoms with Crippen LogP contribution in [0, 0.1) is 12.0 Å². The van der Waals surface area contributed by atoms with E-state index >= 15 is 0 Å². The van der Waals surface area contributed by atoms with Crippen molar-refractivity contribution in [1.29, 1.82) is 0 Å². The van der Waals surface area contributed by atoms with Crippen molar-refractivity contribution in [3.63, 3.8) is 0 Å². The second-order valence-electron chi connectivity index (χ2n) is 16.2. The van der Waals surface area contributed by atoms with Crippen LogP contribution in [0.2, 0.25) is 0 Å². The van der Waals surface area contributed by atoms with Crippen LogP contribution in [-0.2, 0) is 27.5 Å². The summed E-state index contributed by atoms with van der Waals surface area (Å²) in [5.74, 6) is 1.34. The molecule has 0 saturated carbocycles. The van der Waals surface area contributed by atoms with Gasteiger partial charge in [-0.1, -0.05) is 182 Å². The molecule has 0 atom stereocenters. The number of aromatic nitrogens is 3. The summed E-state index contributed by atoms with van der Waals surface area (Å²) in [6.45, 7) is 4.51. The first-order valence-electron chi connectivity index (χ1n) is 21.2. The van der Waals surface area contributed by atoms with E-state index in [1.807, 2.05) is 36.5 Å². The molecule has 4 nitrogen and oxygen atoms in total. The molecule has 2 aromatic heterocycles. The number of nitrogens with zero attached hydrogens (tertiary/aromatic N) is 3. The van der Waals surface area contributed by atoms with Gasteiger partial charge in [0.2, 0.25) is 0 Å². The fraction of sp³-hybridized carbons (Fsp3) is 0.0690. The van der Waals surface area contributed by atoms with Crippen molar-refractivity contribution < 1.29 is 26.2 Å². The topological polar surface area (TPSA) is 50.9 Å². The summed E-state index contributed by atoms with van der Waals surface area (Å²) >= 11 is 0. The Morgan fingerprint density at radius 1 is 0.508 bits per heavy atom. The first-order chi connectivity index (χ1) is 30.5. The average molecular weight is 994 g/mol. The minimum atomic E-state index is 0. The van der Waals surface area contributed by atoms with Crippen molar-refractivity contribution in [2.45, 2.75) is 20.3 Å². The third-order valence-electron chi connectivity index (χ3n) is 11.5. The maximum absolute atomic E-state index is 11.4. The Morgan fingerprint density at radius 2 is 1.10 bits per heavy atom. The fourth-order valence-corrected chi connectivity index (χ4v) is 8.52. The number of aromatic hydroxyl groups is 1. The number of hydrogen-bond donors (Lipinski definition) is 1. The van der Waals surface area contributed by atoms with E-state index in [1.54, 1.807) is 6.07 Å². The van der Waals surface area contributed by atoms with Crippen LogP contribution in [0.4, 0.5) is 0 Å². The van der Waals surface area contributed by atoms with Gasteiger partial charge in [-0.3, -0.25) is 9.55 Å². The van der Waals surface area contributed by atoms with Gasteiger partial charge in [0.25, 0.3) is 0 Å². The molecule has 0 radical (unpaired) electrons. The minimum Gasteiger partial charge on any atom is -0.507 e. The molecule has 10 rings (SSSR count). The molecule has 0 fully saturated rings. The van der Waals surface area contributed by atoms with Crippen LogP contribution in [0.25, 0.3) is 95.0 Å². The van der Waals surface area contributed by atoms with Crippen molar-refractivity contribution in [3.8, 4) is 89.7 Å². The average Bonchev–Trinajstić information content (AvgIpc) is 3.72. The molecule has 0 amide bonds. The minimum absolute atomic E-state index is 0. The van der Waals surface area contributed by atoms with Gasteiger partial charge < -0.3 is 5.11 Å². The quantitative estimate of drug-likeness (QED) is 0.139. The Morgan fingerprint density at radius 3 is 1.78 bits per heavy atom. The predicted octanol–water partition coefficient (Wildman–Crippen LogP) is 14.8. The van der Waals surface area contributed by atoms with E-state index in [0.717, 1.165) is 78.9 Å². The molecule has 5 heteroatoms. The Bertz CT molecular complexity index is 3180. The molecule has 8 aromatic carbocycles. The number of phenolic OH excluding ortho intramolecular Hbond substituents is 1. The molecule has 308 valence electrons. The van der Waals surface area contributed by atoms with Gasteiger partial charge in [0.15, 0.2) is 0 Å². The van der Waals surface area contributed by atoms with Gasteiger partial charge in [-0.2, -0.15) is 0 Å². The van der Waals surface area contributed by atoms with Gasteiger partial charge in [-0.25, -0.2) is 4.98 Å². The maximum Gasteiger partial charge on any atom is 0.148 e. The van der Waals surface area contributed by atoms with Crippen LogP contribution < -0.4 is 0 Å². The van der Waals surface area contributed by atoms with Crippen molar-refractivity contribution in [2.75, 3.05) is 0 Å². The Labute approximate surface area is 383 Å². The van der Waals surface area contributed by atoms with Gasteiger partial charge in [-0.15, -0.1) is 23.8 Å². The molecular formula is C58H44N3OPt-. The van der Waals surface area contributed by atoms with Crippen molar-refractivity contribution in [3.05, 3.63) is 218 Å². The number of imidazole rings is 1. The van der Waals surface area contributed by atoms with Crippen molar-refractivity contribution in [2.24, 2.45) is 5.92 Å². The normalized spacial score (nSPS) is 11.2. The maximum atomic E-state index is 11.4. The third kappa shape index (κ3) is 8.43. The Kier molecular flexibility index (Phi) is 11.8. The van der Waals surface area contributed by atoms with E-state index in [9.17, 15) is 5.11 Å². The van der Waals surface area contributed by atoms with E-state index in [4.69, 9.17) is 9.97 Å². The van der Waals surface area contributed by atoms with E-state index < -0.39 is 0 Å². The number of benzene rings is 8. The third-order valence-corrected chi connectivity index (χ3v) is 11.5. The van der Waals surface area contributed by atoms with Gasteiger partial charge in [-0.05, 0) is 87.7 Å². The molecule has 0 aliphatic rings. The fourth-order valence-electron chi connectivity index (χ4n) is 8.52. The van der Waals surface area contributed by atoms with Gasteiger partial charge in [0.1, 0.15) is 11.6 Å². The SMILES string of the molecule is CC(C)Cc1ccc(-n2c(-c3ccccc3O)nc3c(-c4[c-]c(-c5cc(-c6ccc(-c7ccccc7)cc6)ccn5)cc(-c5ccccc5)c4)cccc32)c(-c2ccccc2)c1.[Pt]. The zero-order valence-corrected chi connectivity index (χ0v) is 37.3. The molecule has 0 saturated heterocycles. The van der Waals surface area contributed by atoms with E-state index in [-0.39, 0.29) is 26.8 Å². The second kappa shape index (κ2) is 18.1. The summed E-state index contributed by atoms with van der Waals surface area (Å²) in [5.41, 5.74) is 17.1. The van der Waals surface area contributed by atoms with Crippen molar-refractivity contribution >= 4 is 11.0 Å². The molecule has 0 aliphatic carbocycles. The summed E-state index contributed by atoms with van der Waals surface area (Å²) in [6, 6.07) is 73.2.